The molecule has 2 aromatic carbocycles. The Hall–Kier alpha value is -2.25. The lowest BCUT2D eigenvalue weighted by molar-refractivity contribution is -0.116. The maximum Gasteiger partial charge on any atom is 0.261 e. The highest BCUT2D eigenvalue weighted by Gasteiger charge is 2.17. The predicted octanol–water partition coefficient (Wildman–Crippen LogP) is 4.60. The first-order valence-electron chi connectivity index (χ1n) is 9.69. The normalized spacial score (nSPS) is 14.8. The van der Waals surface area contributed by atoms with Crippen LogP contribution in [0.5, 0.6) is 0 Å². The molecule has 1 saturated heterocycles. The van der Waals surface area contributed by atoms with Crippen molar-refractivity contribution in [2.45, 2.75) is 30.9 Å². The molecule has 1 aliphatic heterocycles. The Labute approximate surface area is 178 Å². The van der Waals surface area contributed by atoms with Gasteiger partial charge in [0.15, 0.2) is 0 Å². The first kappa shape index (κ1) is 20.0. The summed E-state index contributed by atoms with van der Waals surface area (Å²) in [5, 5.41) is 3.55. The molecule has 0 bridgehead atoms. The third-order valence-corrected chi connectivity index (χ3v) is 7.92. The van der Waals surface area contributed by atoms with Gasteiger partial charge in [0.25, 0.3) is 5.56 Å². The molecule has 0 aliphatic carbocycles. The topological polar surface area (TPSA) is 64.0 Å². The Morgan fingerprint density at radius 3 is 2.83 bits per heavy atom. The number of amides is 1. The SMILES string of the molecule is Cc1cccc2c(=O)n(CCC(=O)Nc3cccc(C4SCCCS4)c3)cnc12. The van der Waals surface area contributed by atoms with Gasteiger partial charge < -0.3 is 5.32 Å². The molecular formula is C22H23N3O2S2. The Kier molecular flexibility index (Phi) is 6.25. The summed E-state index contributed by atoms with van der Waals surface area (Å²) in [5.74, 6) is 2.26. The number of benzene rings is 2. The molecule has 7 heteroatoms. The highest BCUT2D eigenvalue weighted by atomic mass is 32.2. The maximum absolute atomic E-state index is 12.7. The lowest BCUT2D eigenvalue weighted by Gasteiger charge is -2.21. The van der Waals surface area contributed by atoms with Gasteiger partial charge in [-0.25, -0.2) is 4.98 Å². The number of anilines is 1. The molecule has 1 amide bonds. The van der Waals surface area contributed by atoms with Crippen LogP contribution in [-0.2, 0) is 11.3 Å². The minimum atomic E-state index is -0.111. The molecule has 0 unspecified atom stereocenters. The van der Waals surface area contributed by atoms with Crippen LogP contribution in [0.25, 0.3) is 10.9 Å². The van der Waals surface area contributed by atoms with E-state index in [0.717, 1.165) is 11.3 Å². The van der Waals surface area contributed by atoms with Crippen molar-refractivity contribution in [3.63, 3.8) is 0 Å². The van der Waals surface area contributed by atoms with Crippen LogP contribution in [0.2, 0.25) is 0 Å². The van der Waals surface area contributed by atoms with E-state index in [1.54, 1.807) is 6.07 Å². The number of hydrogen-bond acceptors (Lipinski definition) is 5. The van der Waals surface area contributed by atoms with Crippen molar-refractivity contribution in [3.05, 3.63) is 70.3 Å². The number of aryl methyl sites for hydroxylation is 2. The molecule has 3 aromatic rings. The number of aromatic nitrogens is 2. The quantitative estimate of drug-likeness (QED) is 0.647. The molecule has 4 rings (SSSR count). The average molecular weight is 426 g/mol. The van der Waals surface area contributed by atoms with Crippen molar-refractivity contribution in [1.82, 2.24) is 9.55 Å². The van der Waals surface area contributed by atoms with Crippen molar-refractivity contribution in [3.8, 4) is 0 Å². The van der Waals surface area contributed by atoms with E-state index in [1.807, 2.05) is 54.7 Å². The van der Waals surface area contributed by atoms with Gasteiger partial charge in [-0.3, -0.25) is 14.2 Å². The molecule has 1 aliphatic rings. The summed E-state index contributed by atoms with van der Waals surface area (Å²) in [6, 6.07) is 13.6. The van der Waals surface area contributed by atoms with E-state index in [4.69, 9.17) is 0 Å². The molecule has 1 fully saturated rings. The fraction of sp³-hybridized carbons (Fsp3) is 0.318. The number of nitrogens with zero attached hydrogens (tertiary/aromatic N) is 2. The van der Waals surface area contributed by atoms with E-state index in [9.17, 15) is 9.59 Å². The van der Waals surface area contributed by atoms with Crippen LogP contribution in [0.3, 0.4) is 0 Å². The molecule has 5 nitrogen and oxygen atoms in total. The first-order chi connectivity index (χ1) is 14.1. The van der Waals surface area contributed by atoms with Gasteiger partial charge >= 0.3 is 0 Å². The average Bonchev–Trinajstić information content (AvgIpc) is 2.75. The number of para-hydroxylation sites is 1. The van der Waals surface area contributed by atoms with E-state index in [-0.39, 0.29) is 17.9 Å². The van der Waals surface area contributed by atoms with E-state index in [1.165, 1.54) is 34.4 Å². The fourth-order valence-electron chi connectivity index (χ4n) is 3.39. The maximum atomic E-state index is 12.7. The zero-order chi connectivity index (χ0) is 20.2. The fourth-order valence-corrected chi connectivity index (χ4v) is 6.26. The first-order valence-corrected chi connectivity index (χ1v) is 11.8. The van der Waals surface area contributed by atoms with Gasteiger partial charge in [-0.2, -0.15) is 0 Å². The van der Waals surface area contributed by atoms with Gasteiger partial charge in [-0.15, -0.1) is 23.5 Å². The van der Waals surface area contributed by atoms with Crippen LogP contribution in [0, 0.1) is 6.92 Å². The summed E-state index contributed by atoms with van der Waals surface area (Å²) in [4.78, 5) is 29.5. The number of nitrogens with one attached hydrogen (secondary N) is 1. The van der Waals surface area contributed by atoms with Gasteiger partial charge in [-0.1, -0.05) is 24.3 Å². The minimum absolute atomic E-state index is 0.109. The van der Waals surface area contributed by atoms with Crippen LogP contribution in [0.1, 0.15) is 28.6 Å². The molecule has 0 saturated carbocycles. The zero-order valence-corrected chi connectivity index (χ0v) is 17.9. The molecule has 29 heavy (non-hydrogen) atoms. The number of rotatable bonds is 5. The summed E-state index contributed by atoms with van der Waals surface area (Å²) in [7, 11) is 0. The zero-order valence-electron chi connectivity index (χ0n) is 16.3. The Morgan fingerprint density at radius 1 is 1.21 bits per heavy atom. The van der Waals surface area contributed by atoms with Gasteiger partial charge in [0.05, 0.1) is 21.8 Å². The van der Waals surface area contributed by atoms with Crippen LogP contribution in [-0.4, -0.2) is 27.0 Å². The van der Waals surface area contributed by atoms with E-state index in [0.29, 0.717) is 22.0 Å². The van der Waals surface area contributed by atoms with E-state index >= 15 is 0 Å². The number of carbonyl (C=O) groups is 1. The summed E-state index contributed by atoms with van der Waals surface area (Å²) < 4.78 is 1.94. The van der Waals surface area contributed by atoms with Crippen LogP contribution < -0.4 is 10.9 Å². The molecule has 0 radical (unpaired) electrons. The van der Waals surface area contributed by atoms with Crippen LogP contribution in [0.15, 0.2) is 53.6 Å². The Morgan fingerprint density at radius 2 is 2.00 bits per heavy atom. The second-order valence-corrected chi connectivity index (χ2v) is 9.79. The molecule has 1 N–H and O–H groups in total. The van der Waals surface area contributed by atoms with Gasteiger partial charge in [-0.05, 0) is 54.2 Å². The summed E-state index contributed by atoms with van der Waals surface area (Å²) >= 11 is 3.92. The molecule has 2 heterocycles. The van der Waals surface area contributed by atoms with Crippen molar-refractivity contribution >= 4 is 46.0 Å². The standard InChI is InChI=1S/C22H23N3O2S2/c1-15-5-2-8-18-20(15)23-14-25(21(18)27)10-9-19(26)24-17-7-3-6-16(13-17)22-28-11-4-12-29-22/h2-3,5-8,13-14,22H,4,9-12H2,1H3,(H,24,26). The third-order valence-electron chi connectivity index (χ3n) is 4.90. The van der Waals surface area contributed by atoms with E-state index in [2.05, 4.69) is 22.4 Å². The summed E-state index contributed by atoms with van der Waals surface area (Å²) in [5.41, 5.74) is 3.62. The Balaban J connectivity index is 1.41. The van der Waals surface area contributed by atoms with Crippen LogP contribution in [0.4, 0.5) is 5.69 Å². The number of hydrogen-bond donors (Lipinski definition) is 1. The number of fused-ring (bicyclic) bond motifs is 1. The predicted molar refractivity (Wildman–Crippen MR) is 123 cm³/mol. The number of carbonyl (C=O) groups excluding carboxylic acids is 1. The van der Waals surface area contributed by atoms with Crippen molar-refractivity contribution in [1.29, 1.82) is 0 Å². The Bertz CT molecular complexity index is 1090. The smallest absolute Gasteiger partial charge is 0.261 e. The lowest BCUT2D eigenvalue weighted by atomic mass is 10.1. The highest BCUT2D eigenvalue weighted by Crippen LogP contribution is 2.44. The summed E-state index contributed by atoms with van der Waals surface area (Å²) in [6.45, 7) is 2.24. The van der Waals surface area contributed by atoms with Gasteiger partial charge in [0.1, 0.15) is 0 Å². The second kappa shape index (κ2) is 9.05. The summed E-state index contributed by atoms with van der Waals surface area (Å²) in [6.07, 6.45) is 3.00. The third kappa shape index (κ3) is 4.67. The second-order valence-electron chi connectivity index (χ2n) is 7.06. The minimum Gasteiger partial charge on any atom is -0.326 e. The van der Waals surface area contributed by atoms with E-state index < -0.39 is 0 Å². The highest BCUT2D eigenvalue weighted by molar-refractivity contribution is 8.16. The number of thioether (sulfide) groups is 2. The molecule has 1 aromatic heterocycles. The largest absolute Gasteiger partial charge is 0.326 e. The van der Waals surface area contributed by atoms with Crippen molar-refractivity contribution < 1.29 is 4.79 Å². The molecule has 0 atom stereocenters. The van der Waals surface area contributed by atoms with Crippen molar-refractivity contribution in [2.75, 3.05) is 16.8 Å². The van der Waals surface area contributed by atoms with Gasteiger partial charge in [0.2, 0.25) is 5.91 Å². The van der Waals surface area contributed by atoms with Crippen LogP contribution >= 0.6 is 23.5 Å². The lowest BCUT2D eigenvalue weighted by Crippen LogP contribution is -2.23. The molecular weight excluding hydrogens is 402 g/mol. The molecule has 150 valence electrons. The van der Waals surface area contributed by atoms with Gasteiger partial charge in [0, 0.05) is 18.7 Å². The molecule has 0 spiro atoms. The monoisotopic (exact) mass is 425 g/mol. The van der Waals surface area contributed by atoms with Crippen molar-refractivity contribution in [2.24, 2.45) is 0 Å².